The van der Waals surface area contributed by atoms with E-state index in [1.165, 1.54) is 0 Å². The van der Waals surface area contributed by atoms with Crippen molar-refractivity contribution in [3.8, 4) is 5.75 Å². The van der Waals surface area contributed by atoms with Crippen molar-refractivity contribution in [2.45, 2.75) is 32.8 Å². The molecule has 2 aromatic rings. The summed E-state index contributed by atoms with van der Waals surface area (Å²) in [7, 11) is -3.94. The molecule has 9 heteroatoms. The molecule has 0 unspecified atom stereocenters. The van der Waals surface area contributed by atoms with Gasteiger partial charge in [-0.25, -0.2) is 17.2 Å². The zero-order chi connectivity index (χ0) is 22.3. The number of halogens is 2. The average Bonchev–Trinajstić information content (AvgIpc) is 2.64. The van der Waals surface area contributed by atoms with Crippen LogP contribution in [0.2, 0.25) is 0 Å². The molecule has 30 heavy (non-hydrogen) atoms. The van der Waals surface area contributed by atoms with E-state index in [1.54, 1.807) is 0 Å². The number of rotatable bonds is 10. The zero-order valence-electron chi connectivity index (χ0n) is 17.2. The molecule has 0 spiro atoms. The van der Waals surface area contributed by atoms with E-state index in [0.717, 1.165) is 29.7 Å². The first-order valence-electron chi connectivity index (χ1n) is 9.51. The molecule has 1 amide bonds. The summed E-state index contributed by atoms with van der Waals surface area (Å²) in [5.74, 6) is -1.68. The number of amides is 1. The van der Waals surface area contributed by atoms with Crippen molar-refractivity contribution in [3.63, 3.8) is 0 Å². The van der Waals surface area contributed by atoms with Crippen molar-refractivity contribution >= 4 is 21.6 Å². The van der Waals surface area contributed by atoms with Crippen LogP contribution in [0.25, 0.3) is 0 Å². The van der Waals surface area contributed by atoms with Crippen LogP contribution in [0.5, 0.6) is 5.75 Å². The quantitative estimate of drug-likeness (QED) is 0.576. The van der Waals surface area contributed by atoms with E-state index in [2.05, 4.69) is 5.32 Å². The van der Waals surface area contributed by atoms with Gasteiger partial charge in [0.1, 0.15) is 23.9 Å². The lowest BCUT2D eigenvalue weighted by Crippen LogP contribution is -2.41. The standard InChI is InChI=1S/C21H26F2N2O4S/c1-15(2)29-18-9-6-16(7-10-18)5-4-12-24-21(26)14-25(30(3,27)28)20-11-8-17(22)13-19(20)23/h6-11,13,15H,4-5,12,14H2,1-3H3,(H,24,26). The third-order valence-electron chi connectivity index (χ3n) is 4.13. The minimum atomic E-state index is -3.94. The SMILES string of the molecule is CC(C)Oc1ccc(CCCNC(=O)CN(c2ccc(F)cc2F)S(C)(=O)=O)cc1. The van der Waals surface area contributed by atoms with Crippen LogP contribution in [-0.4, -0.2) is 39.8 Å². The van der Waals surface area contributed by atoms with Gasteiger partial charge in [-0.2, -0.15) is 0 Å². The van der Waals surface area contributed by atoms with Crippen molar-refractivity contribution in [1.82, 2.24) is 5.32 Å². The van der Waals surface area contributed by atoms with Crippen LogP contribution in [0.1, 0.15) is 25.8 Å². The van der Waals surface area contributed by atoms with E-state index in [9.17, 15) is 22.0 Å². The lowest BCUT2D eigenvalue weighted by molar-refractivity contribution is -0.119. The smallest absolute Gasteiger partial charge is 0.240 e. The number of carbonyl (C=O) groups is 1. The number of anilines is 1. The van der Waals surface area contributed by atoms with E-state index >= 15 is 0 Å². The Hall–Kier alpha value is -2.68. The molecule has 164 valence electrons. The van der Waals surface area contributed by atoms with Gasteiger partial charge in [0, 0.05) is 12.6 Å². The predicted octanol–water partition coefficient (Wildman–Crippen LogP) is 3.27. The third-order valence-corrected chi connectivity index (χ3v) is 5.25. The Labute approximate surface area is 175 Å². The van der Waals surface area contributed by atoms with E-state index in [4.69, 9.17) is 4.74 Å². The monoisotopic (exact) mass is 440 g/mol. The number of hydrogen-bond acceptors (Lipinski definition) is 4. The molecule has 0 fully saturated rings. The molecule has 0 radical (unpaired) electrons. The molecule has 0 aromatic heterocycles. The van der Waals surface area contributed by atoms with Gasteiger partial charge in [-0.05, 0) is 56.5 Å². The minimum Gasteiger partial charge on any atom is -0.491 e. The van der Waals surface area contributed by atoms with E-state index in [0.29, 0.717) is 29.8 Å². The number of benzene rings is 2. The fourth-order valence-corrected chi connectivity index (χ4v) is 3.64. The number of ether oxygens (including phenoxy) is 1. The maximum atomic E-state index is 14.0. The fourth-order valence-electron chi connectivity index (χ4n) is 2.78. The summed E-state index contributed by atoms with van der Waals surface area (Å²) in [5, 5.41) is 2.63. The van der Waals surface area contributed by atoms with Crippen LogP contribution >= 0.6 is 0 Å². The number of nitrogens with one attached hydrogen (secondary N) is 1. The van der Waals surface area contributed by atoms with Crippen molar-refractivity contribution < 1.29 is 26.7 Å². The first-order chi connectivity index (χ1) is 14.1. The van der Waals surface area contributed by atoms with Crippen LogP contribution < -0.4 is 14.4 Å². The van der Waals surface area contributed by atoms with Gasteiger partial charge < -0.3 is 10.1 Å². The first-order valence-corrected chi connectivity index (χ1v) is 11.4. The summed E-state index contributed by atoms with van der Waals surface area (Å²) in [6.07, 6.45) is 2.31. The van der Waals surface area contributed by atoms with Crippen molar-refractivity contribution in [2.75, 3.05) is 23.7 Å². The van der Waals surface area contributed by atoms with Crippen LogP contribution in [-0.2, 0) is 21.2 Å². The van der Waals surface area contributed by atoms with Gasteiger partial charge in [0.05, 0.1) is 18.0 Å². The molecule has 0 bridgehead atoms. The summed E-state index contributed by atoms with van der Waals surface area (Å²) in [5.41, 5.74) is 0.698. The maximum absolute atomic E-state index is 14.0. The van der Waals surface area contributed by atoms with Gasteiger partial charge in [0.15, 0.2) is 0 Å². The molecule has 0 atom stereocenters. The molecule has 6 nitrogen and oxygen atoms in total. The highest BCUT2D eigenvalue weighted by Crippen LogP contribution is 2.22. The van der Waals surface area contributed by atoms with Gasteiger partial charge in [0.25, 0.3) is 0 Å². The average molecular weight is 441 g/mol. The highest BCUT2D eigenvalue weighted by molar-refractivity contribution is 7.92. The topological polar surface area (TPSA) is 75.7 Å². The van der Waals surface area contributed by atoms with E-state index in [1.807, 2.05) is 38.1 Å². The highest BCUT2D eigenvalue weighted by Gasteiger charge is 2.23. The second-order valence-corrected chi connectivity index (χ2v) is 9.04. The van der Waals surface area contributed by atoms with Crippen molar-refractivity contribution in [1.29, 1.82) is 0 Å². The van der Waals surface area contributed by atoms with Crippen molar-refractivity contribution in [3.05, 3.63) is 59.7 Å². The molecule has 2 rings (SSSR count). The number of nitrogens with zero attached hydrogens (tertiary/aromatic N) is 1. The van der Waals surface area contributed by atoms with Crippen LogP contribution in [0.15, 0.2) is 42.5 Å². The van der Waals surface area contributed by atoms with Gasteiger partial charge in [-0.15, -0.1) is 0 Å². The van der Waals surface area contributed by atoms with Crippen molar-refractivity contribution in [2.24, 2.45) is 0 Å². The number of aryl methyl sites for hydroxylation is 1. The second-order valence-electron chi connectivity index (χ2n) is 7.13. The summed E-state index contributed by atoms with van der Waals surface area (Å²) >= 11 is 0. The fraction of sp³-hybridized carbons (Fsp3) is 0.381. The molecule has 0 aliphatic rings. The molecular formula is C21H26F2N2O4S. The lowest BCUT2D eigenvalue weighted by Gasteiger charge is -2.22. The molecule has 0 saturated carbocycles. The maximum Gasteiger partial charge on any atom is 0.240 e. The molecule has 0 saturated heterocycles. The summed E-state index contributed by atoms with van der Waals surface area (Å²) in [6, 6.07) is 10.2. The Bertz CT molecular complexity index is 963. The van der Waals surface area contributed by atoms with Crippen LogP contribution in [0.4, 0.5) is 14.5 Å². The van der Waals surface area contributed by atoms with Crippen LogP contribution in [0, 0.1) is 11.6 Å². The molecule has 2 aromatic carbocycles. The molecule has 0 aliphatic carbocycles. The summed E-state index contributed by atoms with van der Waals surface area (Å²) in [6.45, 7) is 3.63. The van der Waals surface area contributed by atoms with Gasteiger partial charge >= 0.3 is 0 Å². The van der Waals surface area contributed by atoms with Gasteiger partial charge in [-0.3, -0.25) is 9.10 Å². The summed E-state index contributed by atoms with van der Waals surface area (Å²) < 4.78 is 57.3. The molecule has 1 N–H and O–H groups in total. The third kappa shape index (κ3) is 7.29. The van der Waals surface area contributed by atoms with E-state index in [-0.39, 0.29) is 11.8 Å². The largest absolute Gasteiger partial charge is 0.491 e. The normalized spacial score (nSPS) is 11.4. The zero-order valence-corrected chi connectivity index (χ0v) is 18.0. The Morgan fingerprint density at radius 2 is 1.80 bits per heavy atom. The first kappa shape index (κ1) is 23.6. The molecule has 0 heterocycles. The lowest BCUT2D eigenvalue weighted by atomic mass is 10.1. The second kappa shape index (κ2) is 10.4. The Balaban J connectivity index is 1.87. The number of hydrogen-bond donors (Lipinski definition) is 1. The number of sulfonamides is 1. The van der Waals surface area contributed by atoms with E-state index < -0.39 is 34.1 Å². The van der Waals surface area contributed by atoms with Gasteiger partial charge in [-0.1, -0.05) is 12.1 Å². The highest BCUT2D eigenvalue weighted by atomic mass is 32.2. The minimum absolute atomic E-state index is 0.0981. The Morgan fingerprint density at radius 3 is 2.37 bits per heavy atom. The van der Waals surface area contributed by atoms with Crippen LogP contribution in [0.3, 0.4) is 0 Å². The van der Waals surface area contributed by atoms with Gasteiger partial charge in [0.2, 0.25) is 15.9 Å². The molecule has 0 aliphatic heterocycles. The number of carbonyl (C=O) groups excluding carboxylic acids is 1. The Morgan fingerprint density at radius 1 is 1.13 bits per heavy atom. The Kier molecular flexibility index (Phi) is 8.16. The summed E-state index contributed by atoms with van der Waals surface area (Å²) in [4.78, 5) is 12.2. The predicted molar refractivity (Wildman–Crippen MR) is 112 cm³/mol. The molecular weight excluding hydrogens is 414 g/mol.